The van der Waals surface area contributed by atoms with Gasteiger partial charge in [-0.1, -0.05) is 103 Å². The van der Waals surface area contributed by atoms with E-state index in [1.54, 1.807) is 0 Å². The van der Waals surface area contributed by atoms with Crippen molar-refractivity contribution in [2.75, 3.05) is 0 Å². The number of para-hydroxylation sites is 3. The predicted octanol–water partition coefficient (Wildman–Crippen LogP) is 8.63. The van der Waals surface area contributed by atoms with Crippen LogP contribution in [0.4, 0.5) is 0 Å². The van der Waals surface area contributed by atoms with Crippen molar-refractivity contribution in [2.24, 2.45) is 0 Å². The summed E-state index contributed by atoms with van der Waals surface area (Å²) >= 11 is 1.81. The van der Waals surface area contributed by atoms with Gasteiger partial charge in [-0.3, -0.25) is 4.57 Å². The number of imidazole rings is 1. The first-order chi connectivity index (χ1) is 17.3. The zero-order valence-corrected chi connectivity index (χ0v) is 19.9. The van der Waals surface area contributed by atoms with Crippen molar-refractivity contribution in [2.45, 2.75) is 10.9 Å². The van der Waals surface area contributed by atoms with Gasteiger partial charge in [0.2, 0.25) is 0 Å². The van der Waals surface area contributed by atoms with Crippen molar-refractivity contribution in [3.8, 4) is 39.1 Å². The molecule has 0 N–H and O–H groups in total. The molecule has 2 heterocycles. The lowest BCUT2D eigenvalue weighted by molar-refractivity contribution is 0.896. The van der Waals surface area contributed by atoms with Crippen molar-refractivity contribution in [1.29, 1.82) is 0 Å². The highest BCUT2D eigenvalue weighted by atomic mass is 32.2. The highest BCUT2D eigenvalue weighted by Crippen LogP contribution is 2.43. The molecule has 0 fully saturated rings. The molecule has 1 aromatic heterocycles. The Kier molecular flexibility index (Phi) is 4.81. The van der Waals surface area contributed by atoms with Crippen molar-refractivity contribution in [1.82, 2.24) is 9.55 Å². The van der Waals surface area contributed by atoms with Gasteiger partial charge < -0.3 is 0 Å². The maximum atomic E-state index is 4.94. The summed E-state index contributed by atoms with van der Waals surface area (Å²) in [5.41, 5.74) is 12.1. The van der Waals surface area contributed by atoms with E-state index in [9.17, 15) is 0 Å². The molecule has 3 heteroatoms. The Labute approximate surface area is 208 Å². The summed E-state index contributed by atoms with van der Waals surface area (Å²) < 4.78 is 2.35. The zero-order chi connectivity index (χ0) is 23.2. The molecule has 1 aliphatic heterocycles. The van der Waals surface area contributed by atoms with Crippen LogP contribution in [0.5, 0.6) is 0 Å². The molecular formula is C32H22N2S. The molecule has 0 aliphatic carbocycles. The van der Waals surface area contributed by atoms with E-state index in [1.165, 1.54) is 44.6 Å². The maximum absolute atomic E-state index is 4.94. The van der Waals surface area contributed by atoms with Crippen LogP contribution in [0.15, 0.2) is 126 Å². The quantitative estimate of drug-likeness (QED) is 0.260. The van der Waals surface area contributed by atoms with E-state index in [4.69, 9.17) is 4.98 Å². The number of benzene rings is 5. The maximum Gasteiger partial charge on any atom is 0.174 e. The standard InChI is InChI=1S/C32H22N2S/c1-3-10-22(11-4-1)25-18-26(23-12-5-2-6-13-23)20-27(19-25)28-15-9-14-24-21-35-32-33-29-16-7-8-17-30(29)34(32)31(24)28/h1-20H,21H2. The van der Waals surface area contributed by atoms with E-state index in [-0.39, 0.29) is 0 Å². The molecule has 7 rings (SSSR count). The number of fused-ring (bicyclic) bond motifs is 5. The van der Waals surface area contributed by atoms with Gasteiger partial charge in [0, 0.05) is 11.3 Å². The minimum absolute atomic E-state index is 0.927. The third kappa shape index (κ3) is 3.48. The number of nitrogens with zero attached hydrogens (tertiary/aromatic N) is 2. The summed E-state index contributed by atoms with van der Waals surface area (Å²) in [6, 6.07) is 43.4. The topological polar surface area (TPSA) is 17.8 Å². The Balaban J connectivity index is 1.51. The van der Waals surface area contributed by atoms with Crippen LogP contribution >= 0.6 is 11.8 Å². The van der Waals surface area contributed by atoms with Crippen molar-refractivity contribution >= 4 is 22.8 Å². The molecule has 0 amide bonds. The lowest BCUT2D eigenvalue weighted by atomic mass is 9.92. The SMILES string of the molecule is c1ccc(-c2cc(-c3ccccc3)cc(-c3cccc4c3-n3c(nc5ccccc53)SC4)c2)cc1. The molecule has 6 aromatic rings. The van der Waals surface area contributed by atoms with Gasteiger partial charge >= 0.3 is 0 Å². The van der Waals surface area contributed by atoms with Crippen LogP contribution < -0.4 is 0 Å². The fraction of sp³-hybridized carbons (Fsp3) is 0.0312. The van der Waals surface area contributed by atoms with Crippen LogP contribution in [0, 0.1) is 0 Å². The van der Waals surface area contributed by atoms with Crippen molar-refractivity contribution in [3.63, 3.8) is 0 Å². The van der Waals surface area contributed by atoms with E-state index in [0.29, 0.717) is 0 Å². The number of hydrogen-bond donors (Lipinski definition) is 0. The Morgan fingerprint density at radius 3 is 1.91 bits per heavy atom. The van der Waals surface area contributed by atoms with Crippen LogP contribution in [0.1, 0.15) is 5.56 Å². The lowest BCUT2D eigenvalue weighted by Gasteiger charge is -2.23. The number of hydrogen-bond acceptors (Lipinski definition) is 2. The molecule has 0 saturated heterocycles. The second-order valence-corrected chi connectivity index (χ2v) is 9.79. The van der Waals surface area contributed by atoms with Crippen molar-refractivity contribution in [3.05, 3.63) is 127 Å². The van der Waals surface area contributed by atoms with Crippen LogP contribution in [0.2, 0.25) is 0 Å². The summed E-state index contributed by atoms with van der Waals surface area (Å²) in [5, 5.41) is 1.06. The average Bonchev–Trinajstić information content (AvgIpc) is 3.32. The molecular weight excluding hydrogens is 444 g/mol. The molecule has 0 atom stereocenters. The van der Waals surface area contributed by atoms with Gasteiger partial charge in [-0.15, -0.1) is 0 Å². The van der Waals surface area contributed by atoms with Gasteiger partial charge in [-0.25, -0.2) is 4.98 Å². The second kappa shape index (κ2) is 8.30. The smallest absolute Gasteiger partial charge is 0.174 e. The van der Waals surface area contributed by atoms with Gasteiger partial charge in [0.05, 0.1) is 16.7 Å². The minimum atomic E-state index is 0.927. The summed E-state index contributed by atoms with van der Waals surface area (Å²) in [6.45, 7) is 0. The zero-order valence-electron chi connectivity index (χ0n) is 19.1. The average molecular weight is 467 g/mol. The molecule has 166 valence electrons. The molecule has 0 unspecified atom stereocenters. The summed E-state index contributed by atoms with van der Waals surface area (Å²) in [6.07, 6.45) is 0. The molecule has 0 radical (unpaired) electrons. The lowest BCUT2D eigenvalue weighted by Crippen LogP contribution is -2.07. The van der Waals surface area contributed by atoms with E-state index < -0.39 is 0 Å². The van der Waals surface area contributed by atoms with E-state index in [2.05, 4.69) is 126 Å². The predicted molar refractivity (Wildman–Crippen MR) is 147 cm³/mol. The molecule has 2 nitrogen and oxygen atoms in total. The van der Waals surface area contributed by atoms with Crippen LogP contribution in [0.25, 0.3) is 50.1 Å². The van der Waals surface area contributed by atoms with Crippen LogP contribution in [-0.4, -0.2) is 9.55 Å². The monoisotopic (exact) mass is 466 g/mol. The van der Waals surface area contributed by atoms with Gasteiger partial charge in [0.15, 0.2) is 5.16 Å². The molecule has 0 spiro atoms. The number of thioether (sulfide) groups is 1. The summed E-state index contributed by atoms with van der Waals surface area (Å²) in [5.74, 6) is 0.927. The first-order valence-electron chi connectivity index (χ1n) is 11.8. The highest BCUT2D eigenvalue weighted by molar-refractivity contribution is 7.98. The van der Waals surface area contributed by atoms with Crippen molar-refractivity contribution < 1.29 is 0 Å². The Bertz CT molecular complexity index is 1630. The van der Waals surface area contributed by atoms with Gasteiger partial charge in [-0.2, -0.15) is 0 Å². The molecule has 35 heavy (non-hydrogen) atoms. The summed E-state index contributed by atoms with van der Waals surface area (Å²) in [4.78, 5) is 4.94. The first kappa shape index (κ1) is 20.3. The highest BCUT2D eigenvalue weighted by Gasteiger charge is 2.24. The van der Waals surface area contributed by atoms with Gasteiger partial charge in [0.25, 0.3) is 0 Å². The fourth-order valence-corrected chi connectivity index (χ4v) is 6.04. The van der Waals surface area contributed by atoms with E-state index >= 15 is 0 Å². The second-order valence-electron chi connectivity index (χ2n) is 8.85. The summed E-state index contributed by atoms with van der Waals surface area (Å²) in [7, 11) is 0. The third-order valence-electron chi connectivity index (χ3n) is 6.69. The number of aromatic nitrogens is 2. The molecule has 0 bridgehead atoms. The Hall–Kier alpha value is -4.08. The van der Waals surface area contributed by atoms with Crippen LogP contribution in [0.3, 0.4) is 0 Å². The molecule has 0 saturated carbocycles. The third-order valence-corrected chi connectivity index (χ3v) is 7.68. The van der Waals surface area contributed by atoms with Gasteiger partial charge in [-0.05, 0) is 63.7 Å². The van der Waals surface area contributed by atoms with E-state index in [1.807, 2.05) is 11.8 Å². The number of rotatable bonds is 3. The Morgan fingerprint density at radius 1 is 0.571 bits per heavy atom. The molecule has 5 aromatic carbocycles. The normalized spacial score (nSPS) is 12.3. The Morgan fingerprint density at radius 2 is 1.20 bits per heavy atom. The van der Waals surface area contributed by atoms with E-state index in [0.717, 1.165) is 21.9 Å². The molecule has 1 aliphatic rings. The largest absolute Gasteiger partial charge is 0.286 e. The minimum Gasteiger partial charge on any atom is -0.286 e. The first-order valence-corrected chi connectivity index (χ1v) is 12.8. The van der Waals surface area contributed by atoms with Gasteiger partial charge in [0.1, 0.15) is 0 Å². The fourth-order valence-electron chi connectivity index (χ4n) is 5.04. The van der Waals surface area contributed by atoms with Crippen LogP contribution in [-0.2, 0) is 5.75 Å².